The fraction of sp³-hybridized carbons (Fsp3) is 0.143. The number of hydrogen-bond donors (Lipinski definition) is 1. The number of allylic oxidation sites excluding steroid dienone is 1. The molecular formula is C21H19NO3. The van der Waals surface area contributed by atoms with E-state index in [9.17, 15) is 9.59 Å². The lowest BCUT2D eigenvalue weighted by molar-refractivity contribution is -0.140. The number of nitrogens with one attached hydrogen (secondary N) is 1. The summed E-state index contributed by atoms with van der Waals surface area (Å²) in [5, 5.41) is 2.92. The highest BCUT2D eigenvalue weighted by atomic mass is 16.5. The van der Waals surface area contributed by atoms with Crippen molar-refractivity contribution in [2.75, 3.05) is 7.11 Å². The van der Waals surface area contributed by atoms with Gasteiger partial charge in [0, 0.05) is 17.7 Å². The first-order valence-corrected chi connectivity index (χ1v) is 8.13. The Labute approximate surface area is 146 Å². The van der Waals surface area contributed by atoms with Crippen molar-refractivity contribution in [2.24, 2.45) is 0 Å². The van der Waals surface area contributed by atoms with E-state index in [1.807, 2.05) is 66.7 Å². The normalized spacial score (nSPS) is 15.4. The molecule has 0 aromatic heterocycles. The molecule has 2 aromatic carbocycles. The van der Waals surface area contributed by atoms with Crippen molar-refractivity contribution >= 4 is 23.1 Å². The summed E-state index contributed by atoms with van der Waals surface area (Å²) in [6.45, 7) is 0. The van der Waals surface area contributed by atoms with Crippen molar-refractivity contribution in [3.05, 3.63) is 83.4 Å². The Hall–Kier alpha value is -3.14. The third kappa shape index (κ3) is 3.86. The van der Waals surface area contributed by atoms with Gasteiger partial charge in [-0.25, -0.2) is 0 Å². The van der Waals surface area contributed by atoms with Gasteiger partial charge in [-0.3, -0.25) is 9.59 Å². The van der Waals surface area contributed by atoms with Crippen molar-refractivity contribution < 1.29 is 14.3 Å². The Morgan fingerprint density at radius 1 is 0.960 bits per heavy atom. The summed E-state index contributed by atoms with van der Waals surface area (Å²) in [7, 11) is 1.37. The van der Waals surface area contributed by atoms with Crippen molar-refractivity contribution in [1.29, 1.82) is 0 Å². The number of hydrogen-bond acceptors (Lipinski definition) is 3. The van der Waals surface area contributed by atoms with Crippen LogP contribution in [0.2, 0.25) is 0 Å². The molecule has 0 unspecified atom stereocenters. The molecule has 1 N–H and O–H groups in total. The van der Waals surface area contributed by atoms with Gasteiger partial charge < -0.3 is 10.1 Å². The second kappa shape index (κ2) is 7.62. The van der Waals surface area contributed by atoms with Gasteiger partial charge in [-0.2, -0.15) is 0 Å². The average Bonchev–Trinajstić information content (AvgIpc) is 3.05. The minimum absolute atomic E-state index is 0.150. The molecule has 0 bridgehead atoms. The Bertz CT molecular complexity index is 836. The van der Waals surface area contributed by atoms with Crippen LogP contribution in [0.5, 0.6) is 0 Å². The van der Waals surface area contributed by atoms with Gasteiger partial charge >= 0.3 is 5.97 Å². The van der Waals surface area contributed by atoms with Gasteiger partial charge in [0.25, 0.3) is 5.91 Å². The van der Waals surface area contributed by atoms with Crippen LogP contribution in [0.3, 0.4) is 0 Å². The molecule has 0 radical (unpaired) electrons. The van der Waals surface area contributed by atoms with Crippen molar-refractivity contribution in [3.63, 3.8) is 0 Å². The first-order valence-electron chi connectivity index (χ1n) is 8.13. The number of carbonyl (C=O) groups excluding carboxylic acids is 2. The van der Waals surface area contributed by atoms with E-state index >= 15 is 0 Å². The van der Waals surface area contributed by atoms with Gasteiger partial charge in [0.2, 0.25) is 0 Å². The Morgan fingerprint density at radius 2 is 1.60 bits per heavy atom. The molecule has 1 aliphatic heterocycles. The molecule has 0 atom stereocenters. The predicted molar refractivity (Wildman–Crippen MR) is 97.2 cm³/mol. The van der Waals surface area contributed by atoms with E-state index in [-0.39, 0.29) is 18.3 Å². The number of methoxy groups -OCH3 is 1. The maximum absolute atomic E-state index is 12.5. The maximum atomic E-state index is 12.5. The molecule has 0 saturated heterocycles. The molecule has 0 spiro atoms. The molecule has 1 aliphatic rings. The van der Waals surface area contributed by atoms with Crippen LogP contribution in [0.1, 0.15) is 24.0 Å². The molecule has 2 aromatic rings. The summed E-state index contributed by atoms with van der Waals surface area (Å²) in [4.78, 5) is 24.1. The topological polar surface area (TPSA) is 55.4 Å². The third-order valence-corrected chi connectivity index (χ3v) is 4.12. The Morgan fingerprint density at radius 3 is 2.24 bits per heavy atom. The number of carbonyl (C=O) groups is 2. The fourth-order valence-electron chi connectivity index (χ4n) is 2.84. The molecule has 1 heterocycles. The average molecular weight is 333 g/mol. The molecular weight excluding hydrogens is 314 g/mol. The van der Waals surface area contributed by atoms with E-state index in [1.165, 1.54) is 7.11 Å². The van der Waals surface area contributed by atoms with Gasteiger partial charge in [0.1, 0.15) is 0 Å². The number of rotatable bonds is 5. The molecule has 0 aliphatic carbocycles. The Balaban J connectivity index is 2.02. The quantitative estimate of drug-likeness (QED) is 0.672. The molecule has 4 heteroatoms. The zero-order chi connectivity index (χ0) is 17.6. The van der Waals surface area contributed by atoms with E-state index in [0.29, 0.717) is 12.0 Å². The highest BCUT2D eigenvalue weighted by Crippen LogP contribution is 2.30. The van der Waals surface area contributed by atoms with E-state index in [2.05, 4.69) is 5.32 Å². The fourth-order valence-corrected chi connectivity index (χ4v) is 2.84. The highest BCUT2D eigenvalue weighted by molar-refractivity contribution is 6.13. The van der Waals surface area contributed by atoms with Gasteiger partial charge in [-0.1, -0.05) is 60.7 Å². The predicted octanol–water partition coefficient (Wildman–Crippen LogP) is 3.56. The molecule has 126 valence electrons. The summed E-state index contributed by atoms with van der Waals surface area (Å²) in [6, 6.07) is 19.3. The SMILES string of the molecule is COC(=O)CCC(=C1C=C(c2ccccc2)NC1=O)c1ccccc1. The van der Waals surface area contributed by atoms with E-state index in [0.717, 1.165) is 22.4 Å². The summed E-state index contributed by atoms with van der Waals surface area (Å²) in [6.07, 6.45) is 2.53. The Kier molecular flexibility index (Phi) is 5.09. The molecule has 1 amide bonds. The molecule has 4 nitrogen and oxygen atoms in total. The molecule has 3 rings (SSSR count). The van der Waals surface area contributed by atoms with Gasteiger partial charge in [0.15, 0.2) is 0 Å². The lowest BCUT2D eigenvalue weighted by Crippen LogP contribution is -2.17. The van der Waals surface area contributed by atoms with Crippen molar-refractivity contribution in [2.45, 2.75) is 12.8 Å². The van der Waals surface area contributed by atoms with Crippen LogP contribution in [0, 0.1) is 0 Å². The van der Waals surface area contributed by atoms with E-state index in [1.54, 1.807) is 0 Å². The van der Waals surface area contributed by atoms with Crippen LogP contribution in [0.15, 0.2) is 72.3 Å². The minimum atomic E-state index is -0.292. The summed E-state index contributed by atoms with van der Waals surface area (Å²) >= 11 is 0. The van der Waals surface area contributed by atoms with Gasteiger partial charge in [0.05, 0.1) is 7.11 Å². The minimum Gasteiger partial charge on any atom is -0.469 e. The molecule has 0 fully saturated rings. The summed E-state index contributed by atoms with van der Waals surface area (Å²) in [5.41, 5.74) is 4.09. The third-order valence-electron chi connectivity index (χ3n) is 4.12. The zero-order valence-corrected chi connectivity index (χ0v) is 14.0. The van der Waals surface area contributed by atoms with Crippen molar-refractivity contribution in [3.8, 4) is 0 Å². The van der Waals surface area contributed by atoms with E-state index < -0.39 is 0 Å². The van der Waals surface area contributed by atoms with Crippen LogP contribution in [-0.4, -0.2) is 19.0 Å². The first kappa shape index (κ1) is 16.7. The number of benzene rings is 2. The molecule has 0 saturated carbocycles. The first-order chi connectivity index (χ1) is 12.2. The largest absolute Gasteiger partial charge is 0.469 e. The number of esters is 1. The maximum Gasteiger partial charge on any atom is 0.305 e. The van der Waals surface area contributed by atoms with Crippen LogP contribution in [-0.2, 0) is 14.3 Å². The molecule has 25 heavy (non-hydrogen) atoms. The lowest BCUT2D eigenvalue weighted by atomic mass is 9.95. The van der Waals surface area contributed by atoms with Crippen LogP contribution < -0.4 is 5.32 Å². The van der Waals surface area contributed by atoms with Crippen LogP contribution >= 0.6 is 0 Å². The second-order valence-electron chi connectivity index (χ2n) is 5.71. The van der Waals surface area contributed by atoms with E-state index in [4.69, 9.17) is 4.74 Å². The summed E-state index contributed by atoms with van der Waals surface area (Å²) < 4.78 is 4.74. The monoisotopic (exact) mass is 333 g/mol. The smallest absolute Gasteiger partial charge is 0.305 e. The lowest BCUT2D eigenvalue weighted by Gasteiger charge is -2.09. The summed E-state index contributed by atoms with van der Waals surface area (Å²) in [5.74, 6) is -0.442. The highest BCUT2D eigenvalue weighted by Gasteiger charge is 2.23. The van der Waals surface area contributed by atoms with Gasteiger partial charge in [-0.15, -0.1) is 0 Å². The van der Waals surface area contributed by atoms with Crippen LogP contribution in [0.25, 0.3) is 11.3 Å². The second-order valence-corrected chi connectivity index (χ2v) is 5.71. The van der Waals surface area contributed by atoms with Crippen molar-refractivity contribution in [1.82, 2.24) is 5.32 Å². The number of amides is 1. The number of ether oxygens (including phenoxy) is 1. The van der Waals surface area contributed by atoms with Crippen LogP contribution in [0.4, 0.5) is 0 Å². The van der Waals surface area contributed by atoms with Gasteiger partial charge in [-0.05, 0) is 29.2 Å². The standard InChI is InChI=1S/C21H19NO3/c1-25-20(23)13-12-17(15-8-4-2-5-9-15)18-14-19(22-21(18)24)16-10-6-3-7-11-16/h2-11,14H,12-13H2,1H3,(H,22,24). The zero-order valence-electron chi connectivity index (χ0n) is 14.0.